The monoisotopic (exact) mass is 560 g/mol. The summed E-state index contributed by atoms with van der Waals surface area (Å²) in [6.07, 6.45) is 3.27. The number of ether oxygens (including phenoxy) is 2. The standard InChI is InChI=1S/C30H32N4O5S/c1-21-16-23(9-10-24(21)20-40(36,37)28-8-4-6-22-7-5-11-31-29(22)28)30(35)34-14-12-33(13-15-34)19-26-27(39-3)17-25(38-2)18-32-26/h4-11,16-18H,12-15,19-20H2,1-3H3. The van der Waals surface area contributed by atoms with Gasteiger partial charge in [-0.25, -0.2) is 8.42 Å². The first-order valence-corrected chi connectivity index (χ1v) is 14.7. The van der Waals surface area contributed by atoms with Crippen molar-refractivity contribution in [3.8, 4) is 11.5 Å². The van der Waals surface area contributed by atoms with E-state index in [2.05, 4.69) is 14.9 Å². The van der Waals surface area contributed by atoms with Crippen LogP contribution in [0, 0.1) is 6.92 Å². The third kappa shape index (κ3) is 5.78. The molecule has 1 saturated heterocycles. The minimum absolute atomic E-state index is 0.0597. The SMILES string of the molecule is COc1cnc(CN2CCN(C(=O)c3ccc(CS(=O)(=O)c4cccc5cccnc45)c(C)c3)CC2)c(OC)c1. The topological polar surface area (TPSA) is 102 Å². The Balaban J connectivity index is 1.23. The molecule has 0 N–H and O–H groups in total. The van der Waals surface area contributed by atoms with Crippen LogP contribution >= 0.6 is 0 Å². The second-order valence-corrected chi connectivity index (χ2v) is 11.8. The van der Waals surface area contributed by atoms with Gasteiger partial charge in [-0.3, -0.25) is 19.7 Å². The number of nitrogens with zero attached hydrogens (tertiary/aromatic N) is 4. The summed E-state index contributed by atoms with van der Waals surface area (Å²) >= 11 is 0. The molecule has 9 nitrogen and oxygen atoms in total. The summed E-state index contributed by atoms with van der Waals surface area (Å²) in [4.78, 5) is 26.3. The molecule has 208 valence electrons. The zero-order valence-electron chi connectivity index (χ0n) is 22.8. The molecule has 10 heteroatoms. The van der Waals surface area contributed by atoms with E-state index in [1.54, 1.807) is 63.0 Å². The number of amides is 1. The molecule has 0 aliphatic carbocycles. The molecule has 40 heavy (non-hydrogen) atoms. The zero-order chi connectivity index (χ0) is 28.3. The van der Waals surface area contributed by atoms with E-state index >= 15 is 0 Å². The van der Waals surface area contributed by atoms with Crippen LogP contribution in [0.15, 0.2) is 71.9 Å². The summed E-state index contributed by atoms with van der Waals surface area (Å²) in [5, 5.41) is 0.778. The molecule has 0 spiro atoms. The predicted molar refractivity (Wildman–Crippen MR) is 152 cm³/mol. The molecular weight excluding hydrogens is 528 g/mol. The zero-order valence-corrected chi connectivity index (χ0v) is 23.6. The van der Waals surface area contributed by atoms with Gasteiger partial charge in [-0.15, -0.1) is 0 Å². The third-order valence-corrected chi connectivity index (χ3v) is 8.95. The number of carbonyl (C=O) groups is 1. The Hall–Kier alpha value is -4.02. The smallest absolute Gasteiger partial charge is 0.253 e. The lowest BCUT2D eigenvalue weighted by atomic mass is 10.1. The van der Waals surface area contributed by atoms with Crippen molar-refractivity contribution in [2.45, 2.75) is 24.1 Å². The van der Waals surface area contributed by atoms with Gasteiger partial charge in [-0.1, -0.05) is 24.3 Å². The Morgan fingerprint density at radius 3 is 2.45 bits per heavy atom. The lowest BCUT2D eigenvalue weighted by Crippen LogP contribution is -2.48. The van der Waals surface area contributed by atoms with Crippen LogP contribution in [0.4, 0.5) is 0 Å². The van der Waals surface area contributed by atoms with Gasteiger partial charge in [0.25, 0.3) is 5.91 Å². The predicted octanol–water partition coefficient (Wildman–Crippen LogP) is 3.89. The quantitative estimate of drug-likeness (QED) is 0.320. The average Bonchev–Trinajstić information content (AvgIpc) is 2.98. The molecule has 4 aromatic rings. The lowest BCUT2D eigenvalue weighted by Gasteiger charge is -2.34. The molecule has 1 aliphatic heterocycles. The van der Waals surface area contributed by atoms with E-state index in [1.165, 1.54) is 0 Å². The number of sulfone groups is 1. The van der Waals surface area contributed by atoms with Gasteiger partial charge in [0, 0.05) is 55.9 Å². The van der Waals surface area contributed by atoms with Crippen molar-refractivity contribution in [3.05, 3.63) is 89.4 Å². The number of carbonyl (C=O) groups excluding carboxylic acids is 1. The Bertz CT molecular complexity index is 1640. The molecule has 0 saturated carbocycles. The van der Waals surface area contributed by atoms with Crippen LogP contribution in [0.3, 0.4) is 0 Å². The van der Waals surface area contributed by atoms with E-state index in [1.807, 2.05) is 30.0 Å². The van der Waals surface area contributed by atoms with Crippen LogP contribution in [0.2, 0.25) is 0 Å². The van der Waals surface area contributed by atoms with Gasteiger partial charge < -0.3 is 14.4 Å². The molecule has 0 atom stereocenters. The first-order chi connectivity index (χ1) is 19.3. The van der Waals surface area contributed by atoms with E-state index in [4.69, 9.17) is 9.47 Å². The van der Waals surface area contributed by atoms with Crippen LogP contribution in [-0.4, -0.2) is 74.5 Å². The van der Waals surface area contributed by atoms with E-state index in [9.17, 15) is 13.2 Å². The molecule has 2 aromatic carbocycles. The maximum atomic E-state index is 13.3. The van der Waals surface area contributed by atoms with Crippen molar-refractivity contribution in [1.29, 1.82) is 0 Å². The summed E-state index contributed by atoms with van der Waals surface area (Å²) in [5.41, 5.74) is 3.27. The van der Waals surface area contributed by atoms with E-state index in [0.29, 0.717) is 60.9 Å². The molecule has 5 rings (SSSR count). The largest absolute Gasteiger partial charge is 0.495 e. The molecular formula is C30H32N4O5S. The number of benzene rings is 2. The van der Waals surface area contributed by atoms with E-state index in [0.717, 1.165) is 16.6 Å². The van der Waals surface area contributed by atoms with Gasteiger partial charge in [-0.2, -0.15) is 0 Å². The normalized spacial score (nSPS) is 14.3. The fraction of sp³-hybridized carbons (Fsp3) is 0.300. The summed E-state index contributed by atoms with van der Waals surface area (Å²) in [7, 11) is -0.440. The summed E-state index contributed by atoms with van der Waals surface area (Å²) < 4.78 is 37.4. The fourth-order valence-electron chi connectivity index (χ4n) is 4.97. The number of rotatable bonds is 8. The highest BCUT2D eigenvalue weighted by molar-refractivity contribution is 7.90. The van der Waals surface area contributed by atoms with Crippen LogP contribution in [0.25, 0.3) is 10.9 Å². The molecule has 1 amide bonds. The number of piperazine rings is 1. The lowest BCUT2D eigenvalue weighted by molar-refractivity contribution is 0.0625. The third-order valence-electron chi connectivity index (χ3n) is 7.26. The van der Waals surface area contributed by atoms with Gasteiger partial charge >= 0.3 is 0 Å². The van der Waals surface area contributed by atoms with Gasteiger partial charge in [0.05, 0.1) is 42.3 Å². The van der Waals surface area contributed by atoms with Crippen molar-refractivity contribution >= 4 is 26.6 Å². The minimum atomic E-state index is -3.64. The van der Waals surface area contributed by atoms with Crippen LogP contribution in [0.1, 0.15) is 27.2 Å². The Labute approximate surface area is 234 Å². The first-order valence-electron chi connectivity index (χ1n) is 13.0. The van der Waals surface area contributed by atoms with Gasteiger partial charge in [0.2, 0.25) is 0 Å². The van der Waals surface area contributed by atoms with Crippen LogP contribution in [0.5, 0.6) is 11.5 Å². The molecule has 1 aliphatic rings. The second-order valence-electron chi connectivity index (χ2n) is 9.82. The number of aryl methyl sites for hydroxylation is 1. The minimum Gasteiger partial charge on any atom is -0.495 e. The number of pyridine rings is 2. The maximum absolute atomic E-state index is 13.3. The number of para-hydroxylation sites is 1. The van der Waals surface area contributed by atoms with Gasteiger partial charge in [0.1, 0.15) is 11.5 Å². The Kier molecular flexibility index (Phi) is 7.99. The molecule has 2 aromatic heterocycles. The molecule has 0 unspecified atom stereocenters. The number of hydrogen-bond donors (Lipinski definition) is 0. The van der Waals surface area contributed by atoms with Gasteiger partial charge in [-0.05, 0) is 42.3 Å². The number of aromatic nitrogens is 2. The van der Waals surface area contributed by atoms with Crippen molar-refractivity contribution in [2.24, 2.45) is 0 Å². The number of methoxy groups -OCH3 is 2. The van der Waals surface area contributed by atoms with Crippen molar-refractivity contribution in [1.82, 2.24) is 19.8 Å². The average molecular weight is 561 g/mol. The second kappa shape index (κ2) is 11.6. The maximum Gasteiger partial charge on any atom is 0.253 e. The fourth-order valence-corrected chi connectivity index (χ4v) is 6.61. The Morgan fingerprint density at radius 2 is 1.73 bits per heavy atom. The summed E-state index contributed by atoms with van der Waals surface area (Å²) in [6, 6.07) is 15.9. The number of fused-ring (bicyclic) bond motifs is 1. The molecule has 0 bridgehead atoms. The molecule has 3 heterocycles. The summed E-state index contributed by atoms with van der Waals surface area (Å²) in [5.74, 6) is 1.09. The van der Waals surface area contributed by atoms with E-state index in [-0.39, 0.29) is 16.6 Å². The van der Waals surface area contributed by atoms with Crippen LogP contribution in [-0.2, 0) is 22.1 Å². The van der Waals surface area contributed by atoms with Crippen molar-refractivity contribution in [3.63, 3.8) is 0 Å². The molecule has 1 fully saturated rings. The van der Waals surface area contributed by atoms with Crippen molar-refractivity contribution < 1.29 is 22.7 Å². The Morgan fingerprint density at radius 1 is 0.950 bits per heavy atom. The van der Waals surface area contributed by atoms with Crippen LogP contribution < -0.4 is 9.47 Å². The highest BCUT2D eigenvalue weighted by atomic mass is 32.2. The van der Waals surface area contributed by atoms with Gasteiger partial charge in [0.15, 0.2) is 9.84 Å². The highest BCUT2D eigenvalue weighted by Gasteiger charge is 2.25. The van der Waals surface area contributed by atoms with E-state index < -0.39 is 9.84 Å². The first kappa shape index (κ1) is 27.5. The van der Waals surface area contributed by atoms with Crippen molar-refractivity contribution in [2.75, 3.05) is 40.4 Å². The highest BCUT2D eigenvalue weighted by Crippen LogP contribution is 2.26. The molecule has 0 radical (unpaired) electrons. The summed E-state index contributed by atoms with van der Waals surface area (Å²) in [6.45, 7) is 5.04. The number of hydrogen-bond acceptors (Lipinski definition) is 8.